The molecular formula is C16H15N3O2. The zero-order valence-electron chi connectivity index (χ0n) is 11.6. The Morgan fingerprint density at radius 3 is 3.00 bits per heavy atom. The summed E-state index contributed by atoms with van der Waals surface area (Å²) < 4.78 is 0. The normalized spacial score (nSPS) is 9.62. The van der Waals surface area contributed by atoms with Gasteiger partial charge in [-0.05, 0) is 31.2 Å². The molecule has 1 amide bonds. The van der Waals surface area contributed by atoms with Gasteiger partial charge >= 0.3 is 0 Å². The van der Waals surface area contributed by atoms with E-state index < -0.39 is 0 Å². The van der Waals surface area contributed by atoms with E-state index in [-0.39, 0.29) is 18.2 Å². The largest absolute Gasteiger partial charge is 0.508 e. The Bertz CT molecular complexity index is 730. The van der Waals surface area contributed by atoms with Crippen LogP contribution in [0.1, 0.15) is 21.5 Å². The second-order valence-electron chi connectivity index (χ2n) is 4.34. The molecule has 1 aromatic heterocycles. The van der Waals surface area contributed by atoms with Gasteiger partial charge in [-0.25, -0.2) is 4.98 Å². The van der Waals surface area contributed by atoms with Gasteiger partial charge in [0, 0.05) is 22.9 Å². The Kier molecular flexibility index (Phi) is 4.54. The van der Waals surface area contributed by atoms with Crippen LogP contribution in [0, 0.1) is 18.8 Å². The first-order chi connectivity index (χ1) is 10.1. The Labute approximate surface area is 122 Å². The summed E-state index contributed by atoms with van der Waals surface area (Å²) in [6, 6.07) is 8.19. The SMILES string of the molecule is Cc1c(O)cccc1C(=O)Nc1cc(C#CCN)ccn1. The van der Waals surface area contributed by atoms with Crippen molar-refractivity contribution in [2.45, 2.75) is 6.92 Å². The van der Waals surface area contributed by atoms with Crippen LogP contribution in [0.3, 0.4) is 0 Å². The summed E-state index contributed by atoms with van der Waals surface area (Å²) in [6.07, 6.45) is 1.56. The van der Waals surface area contributed by atoms with Crippen molar-refractivity contribution < 1.29 is 9.90 Å². The van der Waals surface area contributed by atoms with Gasteiger partial charge in [-0.3, -0.25) is 4.79 Å². The molecule has 21 heavy (non-hydrogen) atoms. The number of hydrogen-bond acceptors (Lipinski definition) is 4. The van der Waals surface area contributed by atoms with E-state index in [4.69, 9.17) is 5.73 Å². The molecule has 0 saturated heterocycles. The highest BCUT2D eigenvalue weighted by Crippen LogP contribution is 2.20. The van der Waals surface area contributed by atoms with Crippen molar-refractivity contribution in [1.29, 1.82) is 0 Å². The molecular weight excluding hydrogens is 266 g/mol. The Morgan fingerprint density at radius 1 is 1.43 bits per heavy atom. The molecule has 0 aliphatic heterocycles. The van der Waals surface area contributed by atoms with Crippen LogP contribution in [-0.4, -0.2) is 22.5 Å². The first-order valence-electron chi connectivity index (χ1n) is 6.36. The number of anilines is 1. The number of nitrogens with one attached hydrogen (secondary N) is 1. The number of rotatable bonds is 2. The fourth-order valence-electron chi connectivity index (χ4n) is 1.78. The van der Waals surface area contributed by atoms with Crippen molar-refractivity contribution in [3.63, 3.8) is 0 Å². The molecule has 0 spiro atoms. The van der Waals surface area contributed by atoms with Crippen molar-refractivity contribution in [3.05, 3.63) is 53.2 Å². The lowest BCUT2D eigenvalue weighted by molar-refractivity contribution is 0.102. The van der Waals surface area contributed by atoms with Gasteiger partial charge in [0.05, 0.1) is 6.54 Å². The molecule has 0 fully saturated rings. The first kappa shape index (κ1) is 14.6. The van der Waals surface area contributed by atoms with Gasteiger partial charge < -0.3 is 16.2 Å². The van der Waals surface area contributed by atoms with Crippen LogP contribution in [0.2, 0.25) is 0 Å². The fourth-order valence-corrected chi connectivity index (χ4v) is 1.78. The molecule has 0 aliphatic rings. The van der Waals surface area contributed by atoms with Crippen LogP contribution >= 0.6 is 0 Å². The molecule has 106 valence electrons. The van der Waals surface area contributed by atoms with Crippen LogP contribution in [0.5, 0.6) is 5.75 Å². The number of aromatic nitrogens is 1. The van der Waals surface area contributed by atoms with E-state index >= 15 is 0 Å². The van der Waals surface area contributed by atoms with E-state index in [2.05, 4.69) is 22.1 Å². The predicted octanol–water partition coefficient (Wildman–Crippen LogP) is 1.66. The number of carbonyl (C=O) groups excluding carboxylic acids is 1. The number of benzene rings is 1. The molecule has 0 radical (unpaired) electrons. The first-order valence-corrected chi connectivity index (χ1v) is 6.36. The topological polar surface area (TPSA) is 88.2 Å². The third-order valence-corrected chi connectivity index (χ3v) is 2.89. The average molecular weight is 281 g/mol. The number of nitrogens with zero attached hydrogens (tertiary/aromatic N) is 1. The minimum atomic E-state index is -0.333. The lowest BCUT2D eigenvalue weighted by atomic mass is 10.1. The summed E-state index contributed by atoms with van der Waals surface area (Å²) >= 11 is 0. The van der Waals surface area contributed by atoms with Gasteiger partial charge in [-0.2, -0.15) is 0 Å². The van der Waals surface area contributed by atoms with Gasteiger partial charge in [-0.15, -0.1) is 0 Å². The van der Waals surface area contributed by atoms with E-state index in [1.807, 2.05) is 0 Å². The zero-order chi connectivity index (χ0) is 15.2. The number of amides is 1. The monoisotopic (exact) mass is 281 g/mol. The molecule has 0 saturated carbocycles. The quantitative estimate of drug-likeness (QED) is 0.730. The number of aromatic hydroxyl groups is 1. The fraction of sp³-hybridized carbons (Fsp3) is 0.125. The number of nitrogens with two attached hydrogens (primary N) is 1. The Balaban J connectivity index is 2.22. The molecule has 1 heterocycles. The van der Waals surface area contributed by atoms with Crippen LogP contribution in [0.25, 0.3) is 0 Å². The Hall–Kier alpha value is -2.84. The molecule has 2 rings (SSSR count). The Morgan fingerprint density at radius 2 is 2.24 bits per heavy atom. The van der Waals surface area contributed by atoms with Gasteiger partial charge in [-0.1, -0.05) is 17.9 Å². The summed E-state index contributed by atoms with van der Waals surface area (Å²) in [5.74, 6) is 5.75. The van der Waals surface area contributed by atoms with Gasteiger partial charge in [0.15, 0.2) is 0 Å². The lowest BCUT2D eigenvalue weighted by Crippen LogP contribution is -2.14. The minimum absolute atomic E-state index is 0.0816. The highest BCUT2D eigenvalue weighted by atomic mass is 16.3. The van der Waals surface area contributed by atoms with Crippen molar-refractivity contribution in [1.82, 2.24) is 4.98 Å². The van der Waals surface area contributed by atoms with Gasteiger partial charge in [0.1, 0.15) is 11.6 Å². The number of phenolic OH excluding ortho intramolecular Hbond substituents is 1. The smallest absolute Gasteiger partial charge is 0.257 e. The average Bonchev–Trinajstić information content (AvgIpc) is 2.48. The molecule has 0 unspecified atom stereocenters. The van der Waals surface area contributed by atoms with Crippen LogP contribution in [0.15, 0.2) is 36.5 Å². The van der Waals surface area contributed by atoms with Crippen molar-refractivity contribution in [3.8, 4) is 17.6 Å². The molecule has 5 heteroatoms. The molecule has 0 bridgehead atoms. The molecule has 1 aromatic carbocycles. The standard InChI is InChI=1S/C16H15N3O2/c1-11-13(5-2-6-14(11)20)16(21)19-15-10-12(4-3-8-17)7-9-18-15/h2,5-7,9-10,20H,8,17H2,1H3,(H,18,19,21). The van der Waals surface area contributed by atoms with Crippen LogP contribution in [0.4, 0.5) is 5.82 Å². The summed E-state index contributed by atoms with van der Waals surface area (Å²) in [6.45, 7) is 1.95. The number of pyridine rings is 1. The van der Waals surface area contributed by atoms with Gasteiger partial charge in [0.2, 0.25) is 0 Å². The number of phenols is 1. The van der Waals surface area contributed by atoms with E-state index in [0.717, 1.165) is 5.56 Å². The minimum Gasteiger partial charge on any atom is -0.508 e. The molecule has 5 nitrogen and oxygen atoms in total. The summed E-state index contributed by atoms with van der Waals surface area (Å²) in [5, 5.41) is 12.3. The highest BCUT2D eigenvalue weighted by Gasteiger charge is 2.12. The van der Waals surface area contributed by atoms with Crippen molar-refractivity contribution >= 4 is 11.7 Å². The molecule has 0 aliphatic carbocycles. The number of hydrogen-bond donors (Lipinski definition) is 3. The second kappa shape index (κ2) is 6.55. The van der Waals surface area contributed by atoms with Crippen molar-refractivity contribution in [2.24, 2.45) is 5.73 Å². The molecule has 0 atom stereocenters. The van der Waals surface area contributed by atoms with Crippen LogP contribution < -0.4 is 11.1 Å². The van der Waals surface area contributed by atoms with Gasteiger partial charge in [0.25, 0.3) is 5.91 Å². The summed E-state index contributed by atoms with van der Waals surface area (Å²) in [5.41, 5.74) is 6.96. The third-order valence-electron chi connectivity index (χ3n) is 2.89. The summed E-state index contributed by atoms with van der Waals surface area (Å²) in [4.78, 5) is 16.3. The van der Waals surface area contributed by atoms with Crippen molar-refractivity contribution in [2.75, 3.05) is 11.9 Å². The third kappa shape index (κ3) is 3.59. The highest BCUT2D eigenvalue weighted by molar-refractivity contribution is 6.05. The van der Waals surface area contributed by atoms with Crippen LogP contribution in [-0.2, 0) is 0 Å². The van der Waals surface area contributed by atoms with E-state index in [0.29, 0.717) is 16.9 Å². The lowest BCUT2D eigenvalue weighted by Gasteiger charge is -2.08. The van der Waals surface area contributed by atoms with E-state index in [9.17, 15) is 9.90 Å². The second-order valence-corrected chi connectivity index (χ2v) is 4.34. The molecule has 2 aromatic rings. The maximum atomic E-state index is 12.2. The summed E-state index contributed by atoms with van der Waals surface area (Å²) in [7, 11) is 0. The molecule has 4 N–H and O–H groups in total. The maximum absolute atomic E-state index is 12.2. The van der Waals surface area contributed by atoms with E-state index in [1.54, 1.807) is 37.4 Å². The van der Waals surface area contributed by atoms with E-state index in [1.165, 1.54) is 6.07 Å². The zero-order valence-corrected chi connectivity index (χ0v) is 11.6. The maximum Gasteiger partial charge on any atom is 0.257 e. The predicted molar refractivity (Wildman–Crippen MR) is 81.0 cm³/mol. The number of carbonyl (C=O) groups is 1.